The number of thiazole rings is 1. The maximum absolute atomic E-state index is 12.4. The van der Waals surface area contributed by atoms with Crippen LogP contribution in [0.25, 0.3) is 0 Å². The fourth-order valence-electron chi connectivity index (χ4n) is 1.57. The Labute approximate surface area is 128 Å². The van der Waals surface area contributed by atoms with Crippen LogP contribution in [-0.2, 0) is 23.0 Å². The summed E-state index contributed by atoms with van der Waals surface area (Å²) < 4.78 is 59.6. The van der Waals surface area contributed by atoms with Gasteiger partial charge in [-0.2, -0.15) is 13.2 Å². The Kier molecular flexibility index (Phi) is 4.73. The summed E-state index contributed by atoms with van der Waals surface area (Å²) >= 11 is 1.33. The average molecular weight is 352 g/mol. The maximum atomic E-state index is 12.4. The molecule has 0 unspecified atom stereocenters. The smallest absolute Gasteiger partial charge is 0.390 e. The van der Waals surface area contributed by atoms with Gasteiger partial charge in [0.2, 0.25) is 0 Å². The molecule has 10 heteroatoms. The molecule has 22 heavy (non-hydrogen) atoms. The van der Waals surface area contributed by atoms with Gasteiger partial charge >= 0.3 is 5.51 Å². The number of benzene rings is 1. The van der Waals surface area contributed by atoms with Gasteiger partial charge in [0.15, 0.2) is 0 Å². The Morgan fingerprint density at radius 3 is 2.36 bits per heavy atom. The molecule has 120 valence electrons. The van der Waals surface area contributed by atoms with E-state index in [0.29, 0.717) is 22.9 Å². The van der Waals surface area contributed by atoms with E-state index in [1.165, 1.54) is 23.5 Å². The zero-order valence-electron chi connectivity index (χ0n) is 11.0. The molecule has 0 aliphatic rings. The van der Waals surface area contributed by atoms with Crippen molar-refractivity contribution >= 4 is 26.9 Å². The van der Waals surface area contributed by atoms with Gasteiger partial charge in [-0.3, -0.25) is 0 Å². The molecule has 0 aliphatic carbocycles. The predicted octanol–water partition coefficient (Wildman–Crippen LogP) is 2.54. The second-order valence-electron chi connectivity index (χ2n) is 4.22. The summed E-state index contributed by atoms with van der Waals surface area (Å²) in [5.74, 6) is 0. The number of sulfone groups is 1. The van der Waals surface area contributed by atoms with Gasteiger partial charge in [0, 0.05) is 11.1 Å². The van der Waals surface area contributed by atoms with Crippen molar-refractivity contribution in [2.45, 2.75) is 23.6 Å². The van der Waals surface area contributed by atoms with Crippen LogP contribution in [0.5, 0.6) is 0 Å². The van der Waals surface area contributed by atoms with Gasteiger partial charge in [-0.15, -0.1) is 11.3 Å². The van der Waals surface area contributed by atoms with Crippen molar-refractivity contribution in [2.24, 2.45) is 0 Å². The van der Waals surface area contributed by atoms with Crippen LogP contribution in [0.2, 0.25) is 0 Å². The number of hydrogen-bond donors (Lipinski definition) is 2. The molecule has 0 spiro atoms. The molecule has 0 fully saturated rings. The Hall–Kier alpha value is -1.65. The lowest BCUT2D eigenvalue weighted by molar-refractivity contribution is -0.0436. The normalized spacial score (nSPS) is 12.4. The molecule has 0 amide bonds. The second-order valence-corrected chi connectivity index (χ2v) is 7.10. The van der Waals surface area contributed by atoms with E-state index >= 15 is 0 Å². The molecule has 1 heterocycles. The van der Waals surface area contributed by atoms with Gasteiger partial charge in [-0.25, -0.2) is 13.4 Å². The maximum Gasteiger partial charge on any atom is 0.501 e. The highest BCUT2D eigenvalue weighted by Gasteiger charge is 2.46. The van der Waals surface area contributed by atoms with E-state index in [4.69, 9.17) is 5.11 Å². The number of anilines is 1. The number of hydrogen-bond acceptors (Lipinski definition) is 6. The average Bonchev–Trinajstić information content (AvgIpc) is 2.92. The minimum absolute atomic E-state index is 0.166. The molecule has 0 radical (unpaired) electrons. The highest BCUT2D eigenvalue weighted by atomic mass is 32.2. The summed E-state index contributed by atoms with van der Waals surface area (Å²) in [5, 5.41) is 14.2. The van der Waals surface area contributed by atoms with Gasteiger partial charge in [0.1, 0.15) is 5.01 Å². The van der Waals surface area contributed by atoms with Crippen molar-refractivity contribution in [3.8, 4) is 0 Å². The van der Waals surface area contributed by atoms with Crippen molar-refractivity contribution in [3.05, 3.63) is 40.3 Å². The molecule has 5 nitrogen and oxygen atoms in total. The summed E-state index contributed by atoms with van der Waals surface area (Å²) in [6.45, 7) is 0.149. The molecule has 0 saturated heterocycles. The SMILES string of the molecule is O=S(=O)(c1ccc(NCc2nc(CO)cs2)cc1)C(F)(F)F. The third-order valence-electron chi connectivity index (χ3n) is 2.67. The summed E-state index contributed by atoms with van der Waals surface area (Å²) in [6, 6.07) is 4.29. The second kappa shape index (κ2) is 6.23. The monoisotopic (exact) mass is 352 g/mol. The zero-order chi connectivity index (χ0) is 16.4. The van der Waals surface area contributed by atoms with Gasteiger partial charge in [-0.1, -0.05) is 0 Å². The number of aromatic nitrogens is 1. The van der Waals surface area contributed by atoms with Crippen molar-refractivity contribution in [2.75, 3.05) is 5.32 Å². The molecule has 0 aliphatic heterocycles. The minimum Gasteiger partial charge on any atom is -0.390 e. The van der Waals surface area contributed by atoms with Crippen LogP contribution in [0.3, 0.4) is 0 Å². The fraction of sp³-hybridized carbons (Fsp3) is 0.250. The third kappa shape index (κ3) is 3.57. The summed E-state index contributed by atoms with van der Waals surface area (Å²) in [4.78, 5) is 3.29. The fourth-order valence-corrected chi connectivity index (χ4v) is 3.05. The van der Waals surface area contributed by atoms with Crippen LogP contribution in [-0.4, -0.2) is 24.0 Å². The van der Waals surface area contributed by atoms with E-state index in [9.17, 15) is 21.6 Å². The number of nitrogens with one attached hydrogen (secondary N) is 1. The van der Waals surface area contributed by atoms with Crippen LogP contribution in [0.4, 0.5) is 18.9 Å². The van der Waals surface area contributed by atoms with E-state index < -0.39 is 20.2 Å². The van der Waals surface area contributed by atoms with E-state index in [2.05, 4.69) is 10.3 Å². The van der Waals surface area contributed by atoms with Crippen LogP contribution in [0.15, 0.2) is 34.5 Å². The largest absolute Gasteiger partial charge is 0.501 e. The lowest BCUT2D eigenvalue weighted by Gasteiger charge is -2.09. The van der Waals surface area contributed by atoms with E-state index in [1.54, 1.807) is 5.38 Å². The topological polar surface area (TPSA) is 79.3 Å². The van der Waals surface area contributed by atoms with Crippen molar-refractivity contribution < 1.29 is 26.7 Å². The lowest BCUT2D eigenvalue weighted by atomic mass is 10.3. The lowest BCUT2D eigenvalue weighted by Crippen LogP contribution is -2.23. The molecular formula is C12H11F3N2O3S2. The van der Waals surface area contributed by atoms with Gasteiger partial charge < -0.3 is 10.4 Å². The highest BCUT2D eigenvalue weighted by Crippen LogP contribution is 2.30. The number of halogens is 3. The molecule has 1 aromatic carbocycles. The Bertz CT molecular complexity index is 740. The van der Waals surface area contributed by atoms with E-state index in [0.717, 1.165) is 12.1 Å². The number of nitrogens with zero attached hydrogens (tertiary/aromatic N) is 1. The molecule has 1 aromatic heterocycles. The Balaban J connectivity index is 2.06. The van der Waals surface area contributed by atoms with Gasteiger partial charge in [0.05, 0.1) is 23.7 Å². The molecular weight excluding hydrogens is 341 g/mol. The first-order valence-electron chi connectivity index (χ1n) is 5.93. The summed E-state index contributed by atoms with van der Waals surface area (Å²) in [7, 11) is -5.33. The van der Waals surface area contributed by atoms with E-state index in [1.807, 2.05) is 0 Å². The highest BCUT2D eigenvalue weighted by molar-refractivity contribution is 7.92. The zero-order valence-corrected chi connectivity index (χ0v) is 12.6. The van der Waals surface area contributed by atoms with Gasteiger partial charge in [-0.05, 0) is 24.3 Å². The standard InChI is InChI=1S/C12H11F3N2O3S2/c13-12(14,15)22(19,20)10-3-1-8(2-4-10)16-5-11-17-9(6-18)7-21-11/h1-4,7,16,18H,5-6H2. The minimum atomic E-state index is -5.33. The predicted molar refractivity (Wildman–Crippen MR) is 75.0 cm³/mol. The van der Waals surface area contributed by atoms with Crippen LogP contribution < -0.4 is 5.32 Å². The van der Waals surface area contributed by atoms with Gasteiger partial charge in [0.25, 0.3) is 9.84 Å². The molecule has 0 saturated carbocycles. The van der Waals surface area contributed by atoms with Crippen LogP contribution in [0.1, 0.15) is 10.7 Å². The number of aliphatic hydroxyl groups excluding tert-OH is 1. The molecule has 2 rings (SSSR count). The molecule has 0 atom stereocenters. The van der Waals surface area contributed by atoms with Crippen molar-refractivity contribution in [1.82, 2.24) is 4.98 Å². The Morgan fingerprint density at radius 2 is 1.86 bits per heavy atom. The quantitative estimate of drug-likeness (QED) is 0.865. The number of alkyl halides is 3. The molecule has 2 aromatic rings. The Morgan fingerprint density at radius 1 is 1.23 bits per heavy atom. The van der Waals surface area contributed by atoms with E-state index in [-0.39, 0.29) is 6.61 Å². The van der Waals surface area contributed by atoms with Crippen LogP contribution in [0, 0.1) is 0 Å². The number of rotatable bonds is 5. The number of aliphatic hydroxyl groups is 1. The van der Waals surface area contributed by atoms with Crippen molar-refractivity contribution in [3.63, 3.8) is 0 Å². The first-order chi connectivity index (χ1) is 10.2. The van der Waals surface area contributed by atoms with Crippen LogP contribution >= 0.6 is 11.3 Å². The first kappa shape index (κ1) is 16.7. The molecule has 0 bridgehead atoms. The summed E-state index contributed by atoms with van der Waals surface area (Å²) in [5.41, 5.74) is -4.32. The molecule has 2 N–H and O–H groups in total. The van der Waals surface area contributed by atoms with Crippen molar-refractivity contribution in [1.29, 1.82) is 0 Å². The summed E-state index contributed by atoms with van der Waals surface area (Å²) in [6.07, 6.45) is 0. The first-order valence-corrected chi connectivity index (χ1v) is 8.30. The third-order valence-corrected chi connectivity index (χ3v) is 5.07.